The average Bonchev–Trinajstić information content (AvgIpc) is 2.71. The van der Waals surface area contributed by atoms with Gasteiger partial charge in [0, 0.05) is 6.20 Å². The van der Waals surface area contributed by atoms with Gasteiger partial charge in [0.15, 0.2) is 17.6 Å². The topological polar surface area (TPSA) is 86.8 Å². The molecule has 2 rings (SSSR count). The number of carbonyl (C=O) groups is 2. The summed E-state index contributed by atoms with van der Waals surface area (Å²) < 4.78 is 16.5. The van der Waals surface area contributed by atoms with Gasteiger partial charge in [-0.1, -0.05) is 24.9 Å². The second kappa shape index (κ2) is 11.3. The number of anilines is 1. The number of pyridine rings is 1. The van der Waals surface area contributed by atoms with Gasteiger partial charge in [-0.15, -0.1) is 0 Å². The van der Waals surface area contributed by atoms with Gasteiger partial charge in [-0.2, -0.15) is 0 Å². The van der Waals surface area contributed by atoms with Crippen molar-refractivity contribution in [1.29, 1.82) is 0 Å². The molecule has 1 aromatic heterocycles. The van der Waals surface area contributed by atoms with Crippen molar-refractivity contribution < 1.29 is 23.8 Å². The van der Waals surface area contributed by atoms with E-state index in [-0.39, 0.29) is 5.56 Å². The van der Waals surface area contributed by atoms with E-state index in [0.717, 1.165) is 12.8 Å². The van der Waals surface area contributed by atoms with Gasteiger partial charge < -0.3 is 19.5 Å². The first kappa shape index (κ1) is 22.5. The lowest BCUT2D eigenvalue weighted by molar-refractivity contribution is -0.123. The Morgan fingerprint density at radius 2 is 1.93 bits per heavy atom. The molecule has 0 aliphatic heterocycles. The van der Waals surface area contributed by atoms with Crippen LogP contribution in [0.15, 0.2) is 36.5 Å². The molecular weight excluding hydrogens is 396 g/mol. The van der Waals surface area contributed by atoms with Crippen molar-refractivity contribution in [2.45, 2.75) is 39.7 Å². The molecule has 29 heavy (non-hydrogen) atoms. The molecule has 0 saturated carbocycles. The highest BCUT2D eigenvalue weighted by Crippen LogP contribution is 2.29. The van der Waals surface area contributed by atoms with Crippen molar-refractivity contribution >= 4 is 29.3 Å². The van der Waals surface area contributed by atoms with E-state index in [1.54, 1.807) is 30.3 Å². The molecule has 0 aliphatic carbocycles. The summed E-state index contributed by atoms with van der Waals surface area (Å²) in [6, 6.07) is 7.95. The zero-order valence-corrected chi connectivity index (χ0v) is 17.5. The fraction of sp³-hybridized carbons (Fsp3) is 0.381. The molecule has 1 atom stereocenters. The first-order chi connectivity index (χ1) is 13.9. The summed E-state index contributed by atoms with van der Waals surface area (Å²) in [6.07, 6.45) is 2.33. The Bertz CT molecular complexity index is 826. The number of amides is 1. The third kappa shape index (κ3) is 6.94. The smallest absolute Gasteiger partial charge is 0.339 e. The number of hydrogen-bond acceptors (Lipinski definition) is 6. The first-order valence-corrected chi connectivity index (χ1v) is 9.85. The van der Waals surface area contributed by atoms with E-state index in [0.29, 0.717) is 35.6 Å². The summed E-state index contributed by atoms with van der Waals surface area (Å²) in [7, 11) is 0. The number of benzene rings is 1. The molecule has 2 aromatic rings. The maximum Gasteiger partial charge on any atom is 0.339 e. The predicted octanol–water partition coefficient (Wildman–Crippen LogP) is 4.50. The van der Waals surface area contributed by atoms with Gasteiger partial charge in [-0.05, 0) is 50.6 Å². The van der Waals surface area contributed by atoms with E-state index in [9.17, 15) is 9.59 Å². The zero-order chi connectivity index (χ0) is 21.2. The van der Waals surface area contributed by atoms with Crippen molar-refractivity contribution in [3.8, 4) is 11.5 Å². The molecule has 1 aromatic carbocycles. The number of aromatic nitrogens is 1. The second-order valence-corrected chi connectivity index (χ2v) is 6.63. The molecule has 0 fully saturated rings. The van der Waals surface area contributed by atoms with Gasteiger partial charge in [-0.25, -0.2) is 9.78 Å². The highest BCUT2D eigenvalue weighted by Gasteiger charge is 2.20. The van der Waals surface area contributed by atoms with Gasteiger partial charge in [0.1, 0.15) is 5.82 Å². The van der Waals surface area contributed by atoms with Crippen molar-refractivity contribution in [3.63, 3.8) is 0 Å². The Morgan fingerprint density at radius 3 is 2.59 bits per heavy atom. The molecule has 0 saturated heterocycles. The van der Waals surface area contributed by atoms with Crippen LogP contribution in [0.1, 0.15) is 44.0 Å². The Kier molecular flexibility index (Phi) is 8.73. The minimum absolute atomic E-state index is 0.264. The standard InChI is InChI=1S/C21H25ClN2O5/c1-4-6-11-28-17-9-7-15(12-18(17)27-5-2)21(26)29-14(3)20(25)24-19-10-8-16(22)13-23-19/h7-10,12-14H,4-6,11H2,1-3H3,(H,23,24,25)/t14-/m1/s1. The summed E-state index contributed by atoms with van der Waals surface area (Å²) in [6.45, 7) is 6.39. The van der Waals surface area contributed by atoms with Gasteiger partial charge >= 0.3 is 5.97 Å². The van der Waals surface area contributed by atoms with Crippen LogP contribution in [0.25, 0.3) is 0 Å². The van der Waals surface area contributed by atoms with Crippen LogP contribution in [0.2, 0.25) is 5.02 Å². The normalized spacial score (nSPS) is 11.4. The van der Waals surface area contributed by atoms with Crippen molar-refractivity contribution in [1.82, 2.24) is 4.98 Å². The summed E-state index contributed by atoms with van der Waals surface area (Å²) in [4.78, 5) is 28.7. The number of halogens is 1. The Labute approximate surface area is 175 Å². The van der Waals surface area contributed by atoms with E-state index in [1.807, 2.05) is 6.92 Å². The predicted molar refractivity (Wildman–Crippen MR) is 111 cm³/mol. The number of nitrogens with one attached hydrogen (secondary N) is 1. The van der Waals surface area contributed by atoms with E-state index in [2.05, 4.69) is 17.2 Å². The van der Waals surface area contributed by atoms with Crippen molar-refractivity contribution in [2.24, 2.45) is 0 Å². The van der Waals surface area contributed by atoms with Crippen LogP contribution < -0.4 is 14.8 Å². The van der Waals surface area contributed by atoms with Crippen molar-refractivity contribution in [2.75, 3.05) is 18.5 Å². The largest absolute Gasteiger partial charge is 0.490 e. The van der Waals surface area contributed by atoms with Crippen LogP contribution in [0.3, 0.4) is 0 Å². The number of nitrogens with zero attached hydrogens (tertiary/aromatic N) is 1. The van der Waals surface area contributed by atoms with E-state index < -0.39 is 18.0 Å². The molecule has 0 unspecified atom stereocenters. The Balaban J connectivity index is 2.01. The summed E-state index contributed by atoms with van der Waals surface area (Å²) in [5, 5.41) is 3.02. The van der Waals surface area contributed by atoms with Crippen LogP contribution >= 0.6 is 11.6 Å². The third-order valence-corrected chi connectivity index (χ3v) is 4.09. The number of rotatable bonds is 10. The van der Waals surface area contributed by atoms with Crippen LogP contribution in [-0.2, 0) is 9.53 Å². The zero-order valence-electron chi connectivity index (χ0n) is 16.7. The highest BCUT2D eigenvalue weighted by atomic mass is 35.5. The lowest BCUT2D eigenvalue weighted by Gasteiger charge is -2.15. The monoisotopic (exact) mass is 420 g/mol. The van der Waals surface area contributed by atoms with Gasteiger partial charge in [0.2, 0.25) is 0 Å². The maximum atomic E-state index is 12.5. The molecule has 0 aliphatic rings. The summed E-state index contributed by atoms with van der Waals surface area (Å²) in [5.41, 5.74) is 0.264. The number of hydrogen-bond donors (Lipinski definition) is 1. The average molecular weight is 421 g/mol. The van der Waals surface area contributed by atoms with Gasteiger partial charge in [0.25, 0.3) is 5.91 Å². The minimum Gasteiger partial charge on any atom is -0.490 e. The molecule has 0 radical (unpaired) electrons. The van der Waals surface area contributed by atoms with Crippen LogP contribution in [0, 0.1) is 0 Å². The quantitative estimate of drug-likeness (QED) is 0.450. The van der Waals surface area contributed by atoms with Gasteiger partial charge in [-0.3, -0.25) is 4.79 Å². The van der Waals surface area contributed by atoms with E-state index in [1.165, 1.54) is 13.1 Å². The summed E-state index contributed by atoms with van der Waals surface area (Å²) in [5.74, 6) is 0.196. The Morgan fingerprint density at radius 1 is 1.14 bits per heavy atom. The second-order valence-electron chi connectivity index (χ2n) is 6.19. The molecule has 1 N–H and O–H groups in total. The fourth-order valence-electron chi connectivity index (χ4n) is 2.31. The lowest BCUT2D eigenvalue weighted by atomic mass is 10.2. The molecule has 1 heterocycles. The molecule has 1 amide bonds. The summed E-state index contributed by atoms with van der Waals surface area (Å²) >= 11 is 5.77. The Hall–Kier alpha value is -2.80. The highest BCUT2D eigenvalue weighted by molar-refractivity contribution is 6.30. The first-order valence-electron chi connectivity index (χ1n) is 9.47. The minimum atomic E-state index is -1.02. The number of unbranched alkanes of at least 4 members (excludes halogenated alkanes) is 1. The fourth-order valence-corrected chi connectivity index (χ4v) is 2.42. The lowest BCUT2D eigenvalue weighted by Crippen LogP contribution is -2.30. The molecule has 0 spiro atoms. The van der Waals surface area contributed by atoms with Gasteiger partial charge in [0.05, 0.1) is 23.8 Å². The third-order valence-electron chi connectivity index (χ3n) is 3.87. The van der Waals surface area contributed by atoms with Crippen molar-refractivity contribution in [3.05, 3.63) is 47.1 Å². The number of ether oxygens (including phenoxy) is 3. The molecule has 8 heteroatoms. The molecule has 0 bridgehead atoms. The van der Waals surface area contributed by atoms with Crippen LogP contribution in [-0.4, -0.2) is 36.2 Å². The molecule has 156 valence electrons. The van der Waals surface area contributed by atoms with E-state index in [4.69, 9.17) is 25.8 Å². The molecular formula is C21H25ClN2O5. The van der Waals surface area contributed by atoms with Crippen LogP contribution in [0.4, 0.5) is 5.82 Å². The number of esters is 1. The van der Waals surface area contributed by atoms with E-state index >= 15 is 0 Å². The SMILES string of the molecule is CCCCOc1ccc(C(=O)O[C@H](C)C(=O)Nc2ccc(Cl)cn2)cc1OCC. The van der Waals surface area contributed by atoms with Crippen LogP contribution in [0.5, 0.6) is 11.5 Å². The number of carbonyl (C=O) groups excluding carboxylic acids is 2. The maximum absolute atomic E-state index is 12.5. The molecule has 7 nitrogen and oxygen atoms in total.